The first-order valence-corrected chi connectivity index (χ1v) is 9.84. The van der Waals surface area contributed by atoms with Crippen LogP contribution < -0.4 is 10.2 Å². The molecule has 0 spiro atoms. The third-order valence-electron chi connectivity index (χ3n) is 4.43. The zero-order valence-electron chi connectivity index (χ0n) is 15.1. The summed E-state index contributed by atoms with van der Waals surface area (Å²) >= 11 is 1.40. The second-order valence-corrected chi connectivity index (χ2v) is 7.33. The first-order valence-electron chi connectivity index (χ1n) is 8.96. The van der Waals surface area contributed by atoms with Gasteiger partial charge in [0.1, 0.15) is 0 Å². The summed E-state index contributed by atoms with van der Waals surface area (Å²) in [5.74, 6) is 0.392. The van der Waals surface area contributed by atoms with Crippen LogP contribution in [0.4, 0.5) is 11.1 Å². The number of nitrogens with one attached hydrogen (secondary N) is 1. The number of aromatic nitrogens is 4. The first-order chi connectivity index (χ1) is 13.2. The molecule has 4 heterocycles. The van der Waals surface area contributed by atoms with Gasteiger partial charge in [0.15, 0.2) is 5.13 Å². The van der Waals surface area contributed by atoms with Crippen LogP contribution in [-0.2, 0) is 0 Å². The van der Waals surface area contributed by atoms with Crippen LogP contribution in [0, 0.1) is 6.92 Å². The third kappa shape index (κ3) is 3.95. The normalized spacial score (nSPS) is 14.2. The van der Waals surface area contributed by atoms with Crippen molar-refractivity contribution >= 4 is 28.3 Å². The fourth-order valence-electron chi connectivity index (χ4n) is 3.08. The summed E-state index contributed by atoms with van der Waals surface area (Å²) in [5, 5.41) is 5.30. The van der Waals surface area contributed by atoms with Gasteiger partial charge >= 0.3 is 0 Å². The number of thiazole rings is 1. The van der Waals surface area contributed by atoms with Crippen LogP contribution in [0.15, 0.2) is 36.1 Å². The minimum atomic E-state index is -0.270. The number of hydrogen-bond donors (Lipinski definition) is 1. The Bertz CT molecular complexity index is 936. The topological polar surface area (TPSA) is 83.9 Å². The smallest absolute Gasteiger partial charge is 0.261 e. The molecule has 3 aromatic rings. The largest absolute Gasteiger partial charge is 0.341 e. The van der Waals surface area contributed by atoms with Gasteiger partial charge in [0.2, 0.25) is 5.95 Å². The molecule has 0 aliphatic carbocycles. The van der Waals surface area contributed by atoms with E-state index in [9.17, 15) is 4.79 Å². The Labute approximate surface area is 161 Å². The second-order valence-electron chi connectivity index (χ2n) is 6.47. The lowest BCUT2D eigenvalue weighted by Crippen LogP contribution is -2.31. The number of rotatable bonds is 4. The van der Waals surface area contributed by atoms with Crippen LogP contribution in [0.5, 0.6) is 0 Å². The van der Waals surface area contributed by atoms with E-state index in [-0.39, 0.29) is 5.91 Å². The molecule has 1 amide bonds. The van der Waals surface area contributed by atoms with Crippen LogP contribution >= 0.6 is 11.3 Å². The average Bonchev–Trinajstić information content (AvgIpc) is 3.13. The van der Waals surface area contributed by atoms with Crippen molar-refractivity contribution in [3.63, 3.8) is 0 Å². The molecule has 3 aromatic heterocycles. The summed E-state index contributed by atoms with van der Waals surface area (Å²) in [6, 6.07) is 3.74. The number of piperidine rings is 1. The molecule has 4 rings (SSSR count). The Hall–Kier alpha value is -2.87. The molecule has 1 aliphatic heterocycles. The van der Waals surface area contributed by atoms with E-state index in [1.165, 1.54) is 17.8 Å². The minimum Gasteiger partial charge on any atom is -0.341 e. The van der Waals surface area contributed by atoms with Gasteiger partial charge < -0.3 is 4.90 Å². The number of anilines is 2. The number of hydrogen-bond acceptors (Lipinski definition) is 7. The van der Waals surface area contributed by atoms with Gasteiger partial charge in [-0.2, -0.15) is 0 Å². The molecule has 0 unspecified atom stereocenters. The van der Waals surface area contributed by atoms with E-state index in [4.69, 9.17) is 4.98 Å². The predicted octanol–water partition coefficient (Wildman–Crippen LogP) is 3.55. The zero-order valence-corrected chi connectivity index (χ0v) is 15.9. The van der Waals surface area contributed by atoms with Gasteiger partial charge in [-0.25, -0.2) is 15.0 Å². The molecular formula is C19H20N6OS. The Morgan fingerprint density at radius 3 is 2.74 bits per heavy atom. The number of pyridine rings is 1. The molecule has 1 N–H and O–H groups in total. The Morgan fingerprint density at radius 1 is 1.19 bits per heavy atom. The number of carbonyl (C=O) groups is 1. The van der Waals surface area contributed by atoms with Crippen molar-refractivity contribution in [2.45, 2.75) is 26.2 Å². The molecule has 0 saturated carbocycles. The quantitative estimate of drug-likeness (QED) is 0.745. The molecule has 8 heteroatoms. The van der Waals surface area contributed by atoms with Crippen molar-refractivity contribution in [3.8, 4) is 11.3 Å². The van der Waals surface area contributed by atoms with Gasteiger partial charge in [0.25, 0.3) is 5.91 Å². The maximum atomic E-state index is 12.8. The molecule has 0 aromatic carbocycles. The monoisotopic (exact) mass is 380 g/mol. The fourth-order valence-corrected chi connectivity index (χ4v) is 3.77. The van der Waals surface area contributed by atoms with E-state index in [0.29, 0.717) is 22.3 Å². The van der Waals surface area contributed by atoms with Crippen LogP contribution in [0.1, 0.15) is 35.3 Å². The van der Waals surface area contributed by atoms with E-state index in [0.717, 1.165) is 37.2 Å². The molecule has 0 atom stereocenters. The van der Waals surface area contributed by atoms with Gasteiger partial charge in [0, 0.05) is 42.6 Å². The predicted molar refractivity (Wildman–Crippen MR) is 106 cm³/mol. The van der Waals surface area contributed by atoms with Crippen LogP contribution in [0.3, 0.4) is 0 Å². The minimum absolute atomic E-state index is 0.270. The average molecular weight is 380 g/mol. The van der Waals surface area contributed by atoms with E-state index in [1.807, 2.05) is 24.4 Å². The van der Waals surface area contributed by atoms with Crippen LogP contribution in [0.25, 0.3) is 11.3 Å². The highest BCUT2D eigenvalue weighted by Crippen LogP contribution is 2.25. The van der Waals surface area contributed by atoms with E-state index in [2.05, 4.69) is 25.2 Å². The molecular weight excluding hydrogens is 360 g/mol. The molecule has 1 saturated heterocycles. The van der Waals surface area contributed by atoms with Crippen molar-refractivity contribution in [2.24, 2.45) is 0 Å². The molecule has 1 aliphatic rings. The Kier molecular flexibility index (Phi) is 5.06. The summed E-state index contributed by atoms with van der Waals surface area (Å²) in [6.45, 7) is 3.77. The molecule has 138 valence electrons. The van der Waals surface area contributed by atoms with Crippen LogP contribution in [0.2, 0.25) is 0 Å². The highest BCUT2D eigenvalue weighted by molar-refractivity contribution is 7.13. The lowest BCUT2D eigenvalue weighted by Gasteiger charge is -2.27. The summed E-state index contributed by atoms with van der Waals surface area (Å²) in [5.41, 5.74) is 2.67. The fraction of sp³-hybridized carbons (Fsp3) is 0.316. The van der Waals surface area contributed by atoms with Crippen molar-refractivity contribution in [3.05, 3.63) is 47.4 Å². The number of carbonyl (C=O) groups excluding carboxylic acids is 1. The van der Waals surface area contributed by atoms with E-state index < -0.39 is 0 Å². The summed E-state index contributed by atoms with van der Waals surface area (Å²) in [6.07, 6.45) is 8.53. The Balaban J connectivity index is 1.70. The summed E-state index contributed by atoms with van der Waals surface area (Å²) in [7, 11) is 0. The van der Waals surface area contributed by atoms with E-state index in [1.54, 1.807) is 18.6 Å². The van der Waals surface area contributed by atoms with Gasteiger partial charge in [-0.05, 0) is 38.3 Å². The van der Waals surface area contributed by atoms with Crippen molar-refractivity contribution in [2.75, 3.05) is 23.3 Å². The summed E-state index contributed by atoms with van der Waals surface area (Å²) in [4.78, 5) is 32.7. The lowest BCUT2D eigenvalue weighted by molar-refractivity contribution is 0.102. The van der Waals surface area contributed by atoms with Gasteiger partial charge in [-0.3, -0.25) is 15.1 Å². The first kappa shape index (κ1) is 17.5. The maximum absolute atomic E-state index is 12.8. The van der Waals surface area contributed by atoms with Gasteiger partial charge in [0.05, 0.1) is 17.0 Å². The molecule has 27 heavy (non-hydrogen) atoms. The molecule has 0 bridgehead atoms. The third-order valence-corrected chi connectivity index (χ3v) is 5.31. The number of nitrogens with zero attached hydrogens (tertiary/aromatic N) is 5. The molecule has 0 radical (unpaired) electrons. The van der Waals surface area contributed by atoms with Gasteiger partial charge in [-0.1, -0.05) is 0 Å². The SMILES string of the molecule is Cc1csc(NC(=O)c2cnc(N3CCCCC3)nc2-c2cccnc2)n1. The van der Waals surface area contributed by atoms with Crippen molar-refractivity contribution in [1.82, 2.24) is 19.9 Å². The van der Waals surface area contributed by atoms with Crippen LogP contribution in [-0.4, -0.2) is 38.9 Å². The Morgan fingerprint density at radius 2 is 2.04 bits per heavy atom. The highest BCUT2D eigenvalue weighted by atomic mass is 32.1. The van der Waals surface area contributed by atoms with E-state index >= 15 is 0 Å². The number of amides is 1. The zero-order chi connectivity index (χ0) is 18.6. The number of aryl methyl sites for hydroxylation is 1. The maximum Gasteiger partial charge on any atom is 0.261 e. The lowest BCUT2D eigenvalue weighted by atomic mass is 10.1. The van der Waals surface area contributed by atoms with Crippen molar-refractivity contribution < 1.29 is 4.79 Å². The van der Waals surface area contributed by atoms with Gasteiger partial charge in [-0.15, -0.1) is 11.3 Å². The second kappa shape index (κ2) is 7.79. The van der Waals surface area contributed by atoms with Crippen molar-refractivity contribution in [1.29, 1.82) is 0 Å². The summed E-state index contributed by atoms with van der Waals surface area (Å²) < 4.78 is 0. The standard InChI is InChI=1S/C19H20N6OS/c1-13-12-27-19(22-13)24-17(26)15-11-21-18(25-8-3-2-4-9-25)23-16(15)14-6-5-7-20-10-14/h5-7,10-12H,2-4,8-9H2,1H3,(H,22,24,26). The molecule has 7 nitrogen and oxygen atoms in total. The highest BCUT2D eigenvalue weighted by Gasteiger charge is 2.20. The molecule has 1 fully saturated rings.